The summed E-state index contributed by atoms with van der Waals surface area (Å²) in [7, 11) is 0. The van der Waals surface area contributed by atoms with Gasteiger partial charge < -0.3 is 10.4 Å². The highest BCUT2D eigenvalue weighted by Gasteiger charge is 2.34. The highest BCUT2D eigenvalue weighted by Crippen LogP contribution is 2.27. The first-order valence-electron chi connectivity index (χ1n) is 8.03. The first kappa shape index (κ1) is 17.7. The molecule has 0 aromatic carbocycles. The first-order chi connectivity index (χ1) is 9.87. The molecule has 0 aromatic rings. The summed E-state index contributed by atoms with van der Waals surface area (Å²) in [5.41, 5.74) is 0.0635. The SMILES string of the molecule is CCCCCC(C)(C)CNC(=O)[C@@H]1CC=CC[C@@H]1C(=O)O. The van der Waals surface area contributed by atoms with Gasteiger partial charge in [-0.15, -0.1) is 0 Å². The van der Waals surface area contributed by atoms with Crippen molar-refractivity contribution < 1.29 is 14.7 Å². The van der Waals surface area contributed by atoms with E-state index in [-0.39, 0.29) is 11.3 Å². The van der Waals surface area contributed by atoms with Crippen LogP contribution in [0.25, 0.3) is 0 Å². The molecule has 1 aliphatic carbocycles. The molecule has 0 radical (unpaired) electrons. The maximum atomic E-state index is 12.3. The summed E-state index contributed by atoms with van der Waals surface area (Å²) in [6.07, 6.45) is 9.40. The minimum Gasteiger partial charge on any atom is -0.481 e. The molecule has 4 nitrogen and oxygen atoms in total. The third-order valence-corrected chi connectivity index (χ3v) is 4.28. The van der Waals surface area contributed by atoms with Gasteiger partial charge in [0.15, 0.2) is 0 Å². The highest BCUT2D eigenvalue weighted by molar-refractivity contribution is 5.85. The van der Waals surface area contributed by atoms with E-state index in [0.29, 0.717) is 19.4 Å². The number of hydrogen-bond acceptors (Lipinski definition) is 2. The molecule has 1 aliphatic rings. The molecule has 0 aromatic heterocycles. The molecule has 0 saturated heterocycles. The molecule has 0 spiro atoms. The Bertz CT molecular complexity index is 387. The number of amides is 1. The van der Waals surface area contributed by atoms with Crippen LogP contribution in [0, 0.1) is 17.3 Å². The molecule has 1 rings (SSSR count). The topological polar surface area (TPSA) is 66.4 Å². The molecule has 120 valence electrons. The van der Waals surface area contributed by atoms with Crippen LogP contribution in [0.5, 0.6) is 0 Å². The smallest absolute Gasteiger partial charge is 0.307 e. The van der Waals surface area contributed by atoms with Crippen molar-refractivity contribution in [3.63, 3.8) is 0 Å². The first-order valence-corrected chi connectivity index (χ1v) is 8.03. The summed E-state index contributed by atoms with van der Waals surface area (Å²) in [5, 5.41) is 12.2. The van der Waals surface area contributed by atoms with E-state index in [1.165, 1.54) is 19.3 Å². The number of carbonyl (C=O) groups excluding carboxylic acids is 1. The fraction of sp³-hybridized carbons (Fsp3) is 0.765. The van der Waals surface area contributed by atoms with Gasteiger partial charge in [0.25, 0.3) is 0 Å². The van der Waals surface area contributed by atoms with Crippen LogP contribution in [0.15, 0.2) is 12.2 Å². The van der Waals surface area contributed by atoms with Crippen molar-refractivity contribution in [2.24, 2.45) is 17.3 Å². The fourth-order valence-electron chi connectivity index (χ4n) is 2.78. The number of nitrogens with one attached hydrogen (secondary N) is 1. The molecule has 0 heterocycles. The van der Waals surface area contributed by atoms with Gasteiger partial charge in [0.2, 0.25) is 5.91 Å². The van der Waals surface area contributed by atoms with Crippen LogP contribution >= 0.6 is 0 Å². The molecule has 0 aliphatic heterocycles. The Morgan fingerprint density at radius 1 is 1.19 bits per heavy atom. The van der Waals surface area contributed by atoms with Crippen LogP contribution in [-0.4, -0.2) is 23.5 Å². The van der Waals surface area contributed by atoms with E-state index >= 15 is 0 Å². The Balaban J connectivity index is 2.48. The molecule has 4 heteroatoms. The molecule has 2 N–H and O–H groups in total. The molecular weight excluding hydrogens is 266 g/mol. The van der Waals surface area contributed by atoms with Crippen LogP contribution in [0.4, 0.5) is 0 Å². The van der Waals surface area contributed by atoms with Crippen molar-refractivity contribution in [1.29, 1.82) is 0 Å². The van der Waals surface area contributed by atoms with E-state index in [1.54, 1.807) is 0 Å². The van der Waals surface area contributed by atoms with Crippen LogP contribution in [-0.2, 0) is 9.59 Å². The maximum Gasteiger partial charge on any atom is 0.307 e. The number of aliphatic carboxylic acids is 1. The highest BCUT2D eigenvalue weighted by atomic mass is 16.4. The third-order valence-electron chi connectivity index (χ3n) is 4.28. The van der Waals surface area contributed by atoms with Crippen LogP contribution in [0.1, 0.15) is 59.3 Å². The number of unbranched alkanes of at least 4 members (excludes halogenated alkanes) is 2. The van der Waals surface area contributed by atoms with E-state index in [4.69, 9.17) is 0 Å². The van der Waals surface area contributed by atoms with Gasteiger partial charge in [-0.05, 0) is 24.7 Å². The predicted octanol–water partition coefficient (Wildman–Crippen LogP) is 3.38. The van der Waals surface area contributed by atoms with Crippen molar-refractivity contribution in [1.82, 2.24) is 5.32 Å². The van der Waals surface area contributed by atoms with Gasteiger partial charge in [-0.1, -0.05) is 52.2 Å². The average Bonchev–Trinajstić information content (AvgIpc) is 2.45. The lowest BCUT2D eigenvalue weighted by atomic mass is 9.81. The van der Waals surface area contributed by atoms with Gasteiger partial charge in [0, 0.05) is 6.54 Å². The van der Waals surface area contributed by atoms with Crippen molar-refractivity contribution in [3.8, 4) is 0 Å². The van der Waals surface area contributed by atoms with Gasteiger partial charge in [-0.2, -0.15) is 0 Å². The summed E-state index contributed by atoms with van der Waals surface area (Å²) in [6.45, 7) is 7.09. The Kier molecular flexibility index (Phi) is 6.93. The van der Waals surface area contributed by atoms with Gasteiger partial charge in [-0.25, -0.2) is 0 Å². The maximum absolute atomic E-state index is 12.3. The predicted molar refractivity (Wildman–Crippen MR) is 83.9 cm³/mol. The number of allylic oxidation sites excluding steroid dienone is 2. The number of hydrogen-bond donors (Lipinski definition) is 2. The Morgan fingerprint density at radius 2 is 1.81 bits per heavy atom. The largest absolute Gasteiger partial charge is 0.481 e. The van der Waals surface area contributed by atoms with Gasteiger partial charge in [0.1, 0.15) is 0 Å². The zero-order chi connectivity index (χ0) is 15.9. The van der Waals surface area contributed by atoms with Crippen molar-refractivity contribution >= 4 is 11.9 Å². The standard InChI is InChI=1S/C17H29NO3/c1-4-5-8-11-17(2,3)12-18-15(19)13-9-6-7-10-14(13)16(20)21/h6-7,13-14H,4-5,8-12H2,1-3H3,(H,18,19)(H,20,21)/t13-,14+/m1/s1. The second-order valence-electron chi connectivity index (χ2n) is 6.83. The van der Waals surface area contributed by atoms with Crippen molar-refractivity contribution in [2.45, 2.75) is 59.3 Å². The number of carboxylic acid groups (broad SMARTS) is 1. The van der Waals surface area contributed by atoms with Crippen LogP contribution < -0.4 is 5.32 Å². The molecule has 1 amide bonds. The van der Waals surface area contributed by atoms with E-state index in [1.807, 2.05) is 12.2 Å². The van der Waals surface area contributed by atoms with E-state index in [9.17, 15) is 14.7 Å². The summed E-state index contributed by atoms with van der Waals surface area (Å²) < 4.78 is 0. The third kappa shape index (κ3) is 5.90. The molecule has 2 atom stereocenters. The van der Waals surface area contributed by atoms with Crippen molar-refractivity contribution in [3.05, 3.63) is 12.2 Å². The molecule has 0 saturated carbocycles. The lowest BCUT2D eigenvalue weighted by Gasteiger charge is -2.28. The molecule has 0 bridgehead atoms. The number of carbonyl (C=O) groups is 2. The summed E-state index contributed by atoms with van der Waals surface area (Å²) in [6, 6.07) is 0. The minimum atomic E-state index is -0.873. The molecular formula is C17H29NO3. The molecule has 0 unspecified atom stereocenters. The summed E-state index contributed by atoms with van der Waals surface area (Å²) >= 11 is 0. The van der Waals surface area contributed by atoms with Gasteiger partial charge in [0.05, 0.1) is 11.8 Å². The van der Waals surface area contributed by atoms with Crippen LogP contribution in [0.3, 0.4) is 0 Å². The molecule has 0 fully saturated rings. The van der Waals surface area contributed by atoms with Gasteiger partial charge >= 0.3 is 5.97 Å². The Morgan fingerprint density at radius 3 is 2.38 bits per heavy atom. The van der Waals surface area contributed by atoms with Crippen molar-refractivity contribution in [2.75, 3.05) is 6.54 Å². The normalized spacial score (nSPS) is 22.0. The molecule has 21 heavy (non-hydrogen) atoms. The Hall–Kier alpha value is -1.32. The van der Waals surface area contributed by atoms with E-state index in [2.05, 4.69) is 26.1 Å². The average molecular weight is 295 g/mol. The van der Waals surface area contributed by atoms with E-state index in [0.717, 1.165) is 6.42 Å². The summed E-state index contributed by atoms with van der Waals surface area (Å²) in [4.78, 5) is 23.5. The Labute approximate surface area is 128 Å². The fourth-order valence-corrected chi connectivity index (χ4v) is 2.78. The quantitative estimate of drug-likeness (QED) is 0.533. The van der Waals surface area contributed by atoms with Gasteiger partial charge in [-0.3, -0.25) is 9.59 Å². The van der Waals surface area contributed by atoms with Crippen LogP contribution in [0.2, 0.25) is 0 Å². The number of carboxylic acids is 1. The zero-order valence-corrected chi connectivity index (χ0v) is 13.5. The minimum absolute atomic E-state index is 0.0635. The lowest BCUT2D eigenvalue weighted by Crippen LogP contribution is -2.42. The summed E-state index contributed by atoms with van der Waals surface area (Å²) in [5.74, 6) is -2.01. The van der Waals surface area contributed by atoms with E-state index < -0.39 is 17.8 Å². The number of rotatable bonds is 8. The monoisotopic (exact) mass is 295 g/mol. The second kappa shape index (κ2) is 8.20. The lowest BCUT2D eigenvalue weighted by molar-refractivity contribution is -0.147. The second-order valence-corrected chi connectivity index (χ2v) is 6.83. The zero-order valence-electron chi connectivity index (χ0n) is 13.5.